The van der Waals surface area contributed by atoms with Crippen LogP contribution in [0.5, 0.6) is 17.2 Å². The van der Waals surface area contributed by atoms with Gasteiger partial charge in [-0.3, -0.25) is 0 Å². The zero-order chi connectivity index (χ0) is 15.4. The number of benzene rings is 2. The molecular formula is C16H14ClNO3. The summed E-state index contributed by atoms with van der Waals surface area (Å²) in [4.78, 5) is 0. The Labute approximate surface area is 128 Å². The van der Waals surface area contributed by atoms with E-state index in [-0.39, 0.29) is 0 Å². The van der Waals surface area contributed by atoms with Crippen LogP contribution in [0.3, 0.4) is 0 Å². The number of ether oxygens (including phenoxy) is 2. The molecule has 0 saturated carbocycles. The minimum absolute atomic E-state index is 0.389. The molecule has 2 rings (SSSR count). The first kappa shape index (κ1) is 15.2. The summed E-state index contributed by atoms with van der Waals surface area (Å²) in [6.45, 7) is 1.66. The molecule has 4 nitrogen and oxygen atoms in total. The summed E-state index contributed by atoms with van der Waals surface area (Å²) in [6.07, 6.45) is -0.596. The third-order valence-electron chi connectivity index (χ3n) is 2.95. The van der Waals surface area contributed by atoms with E-state index >= 15 is 0 Å². The van der Waals surface area contributed by atoms with Crippen molar-refractivity contribution in [1.29, 1.82) is 5.26 Å². The largest absolute Gasteiger partial charge is 0.493 e. The molecule has 0 fully saturated rings. The highest BCUT2D eigenvalue weighted by Gasteiger charge is 2.11. The fourth-order valence-corrected chi connectivity index (χ4v) is 2.03. The van der Waals surface area contributed by atoms with Crippen LogP contribution in [0.2, 0.25) is 5.02 Å². The molecule has 0 aromatic heterocycles. The summed E-state index contributed by atoms with van der Waals surface area (Å²) in [7, 11) is 1.50. The van der Waals surface area contributed by atoms with Gasteiger partial charge in [0.2, 0.25) is 0 Å². The van der Waals surface area contributed by atoms with Crippen molar-refractivity contribution in [3.63, 3.8) is 0 Å². The number of aliphatic hydroxyl groups excluding tert-OH is 1. The van der Waals surface area contributed by atoms with Gasteiger partial charge in [0.05, 0.1) is 29.9 Å². The Balaban J connectivity index is 2.32. The van der Waals surface area contributed by atoms with Gasteiger partial charge in [-0.05, 0) is 36.8 Å². The molecule has 0 aliphatic heterocycles. The van der Waals surface area contributed by atoms with Crippen LogP contribution in [0.15, 0.2) is 36.4 Å². The number of nitrogens with zero attached hydrogens (tertiary/aromatic N) is 1. The van der Waals surface area contributed by atoms with Crippen molar-refractivity contribution in [3.05, 3.63) is 52.5 Å². The Kier molecular flexibility index (Phi) is 4.69. The number of nitriles is 1. The summed E-state index contributed by atoms with van der Waals surface area (Å²) in [5, 5.41) is 18.8. The Hall–Kier alpha value is -2.22. The summed E-state index contributed by atoms with van der Waals surface area (Å²) in [5.41, 5.74) is 1.19. The van der Waals surface area contributed by atoms with Gasteiger partial charge in [0, 0.05) is 6.07 Å². The van der Waals surface area contributed by atoms with E-state index in [4.69, 9.17) is 26.3 Å². The molecule has 0 unspecified atom stereocenters. The van der Waals surface area contributed by atoms with Crippen LogP contribution >= 0.6 is 11.6 Å². The molecule has 0 aliphatic rings. The lowest BCUT2D eigenvalue weighted by molar-refractivity contribution is 0.199. The predicted molar refractivity (Wildman–Crippen MR) is 79.9 cm³/mol. The first-order chi connectivity index (χ1) is 10.0. The zero-order valence-corrected chi connectivity index (χ0v) is 12.4. The lowest BCUT2D eigenvalue weighted by Gasteiger charge is -2.13. The normalized spacial score (nSPS) is 11.6. The van der Waals surface area contributed by atoms with Crippen LogP contribution in [0, 0.1) is 11.3 Å². The average molecular weight is 304 g/mol. The Bertz CT molecular complexity index is 692. The van der Waals surface area contributed by atoms with Crippen molar-refractivity contribution >= 4 is 11.6 Å². The Morgan fingerprint density at radius 3 is 2.43 bits per heavy atom. The van der Waals surface area contributed by atoms with Gasteiger partial charge in [0.15, 0.2) is 11.5 Å². The van der Waals surface area contributed by atoms with Crippen LogP contribution in [-0.4, -0.2) is 12.2 Å². The topological polar surface area (TPSA) is 62.5 Å². The van der Waals surface area contributed by atoms with Crippen LogP contribution in [0.25, 0.3) is 0 Å². The van der Waals surface area contributed by atoms with Gasteiger partial charge in [-0.15, -0.1) is 0 Å². The SMILES string of the molecule is COc1cc(C#N)ccc1Oc1ccc([C@H](C)O)cc1Cl. The summed E-state index contributed by atoms with van der Waals surface area (Å²) < 4.78 is 10.9. The van der Waals surface area contributed by atoms with Crippen molar-refractivity contribution in [2.24, 2.45) is 0 Å². The molecule has 0 radical (unpaired) electrons. The average Bonchev–Trinajstić information content (AvgIpc) is 2.49. The zero-order valence-electron chi connectivity index (χ0n) is 11.6. The maximum Gasteiger partial charge on any atom is 0.169 e. The van der Waals surface area contributed by atoms with Crippen LogP contribution in [-0.2, 0) is 0 Å². The first-order valence-electron chi connectivity index (χ1n) is 6.28. The number of halogens is 1. The molecular weight excluding hydrogens is 290 g/mol. The number of methoxy groups -OCH3 is 1. The van der Waals surface area contributed by atoms with Gasteiger partial charge in [-0.1, -0.05) is 17.7 Å². The van der Waals surface area contributed by atoms with Crippen molar-refractivity contribution in [2.75, 3.05) is 7.11 Å². The maximum atomic E-state index is 9.52. The molecule has 0 aliphatic carbocycles. The lowest BCUT2D eigenvalue weighted by atomic mass is 10.1. The van der Waals surface area contributed by atoms with Gasteiger partial charge in [-0.2, -0.15) is 5.26 Å². The van der Waals surface area contributed by atoms with E-state index in [1.807, 2.05) is 6.07 Å². The fraction of sp³-hybridized carbons (Fsp3) is 0.188. The van der Waals surface area contributed by atoms with E-state index in [1.54, 1.807) is 43.3 Å². The van der Waals surface area contributed by atoms with Gasteiger partial charge >= 0.3 is 0 Å². The van der Waals surface area contributed by atoms with E-state index in [0.717, 1.165) is 0 Å². The number of hydrogen-bond acceptors (Lipinski definition) is 4. The molecule has 108 valence electrons. The van der Waals surface area contributed by atoms with E-state index in [9.17, 15) is 5.11 Å². The van der Waals surface area contributed by atoms with Gasteiger partial charge in [0.25, 0.3) is 0 Å². The fourth-order valence-electron chi connectivity index (χ4n) is 1.80. The highest BCUT2D eigenvalue weighted by molar-refractivity contribution is 6.32. The van der Waals surface area contributed by atoms with Crippen molar-refractivity contribution in [1.82, 2.24) is 0 Å². The van der Waals surface area contributed by atoms with Gasteiger partial charge < -0.3 is 14.6 Å². The second kappa shape index (κ2) is 6.49. The van der Waals surface area contributed by atoms with Crippen LogP contribution < -0.4 is 9.47 Å². The van der Waals surface area contributed by atoms with E-state index in [0.29, 0.717) is 33.4 Å². The molecule has 1 N–H and O–H groups in total. The molecule has 2 aromatic carbocycles. The minimum Gasteiger partial charge on any atom is -0.493 e. The molecule has 21 heavy (non-hydrogen) atoms. The maximum absolute atomic E-state index is 9.52. The summed E-state index contributed by atoms with van der Waals surface area (Å²) >= 11 is 6.15. The lowest BCUT2D eigenvalue weighted by Crippen LogP contribution is -1.94. The molecule has 0 saturated heterocycles. The van der Waals surface area contributed by atoms with Gasteiger partial charge in [-0.25, -0.2) is 0 Å². The van der Waals surface area contributed by atoms with Crippen molar-refractivity contribution in [3.8, 4) is 23.3 Å². The molecule has 0 amide bonds. The highest BCUT2D eigenvalue weighted by atomic mass is 35.5. The third-order valence-corrected chi connectivity index (χ3v) is 3.25. The molecule has 0 spiro atoms. The molecule has 1 atom stereocenters. The highest BCUT2D eigenvalue weighted by Crippen LogP contribution is 2.36. The molecule has 0 heterocycles. The Morgan fingerprint density at radius 2 is 1.86 bits per heavy atom. The Morgan fingerprint density at radius 1 is 1.14 bits per heavy atom. The van der Waals surface area contributed by atoms with E-state index in [2.05, 4.69) is 0 Å². The summed E-state index contributed by atoms with van der Waals surface area (Å²) in [5.74, 6) is 1.36. The van der Waals surface area contributed by atoms with E-state index < -0.39 is 6.10 Å². The minimum atomic E-state index is -0.596. The number of aliphatic hydroxyl groups is 1. The van der Waals surface area contributed by atoms with Crippen molar-refractivity contribution in [2.45, 2.75) is 13.0 Å². The molecule has 0 bridgehead atoms. The first-order valence-corrected chi connectivity index (χ1v) is 6.66. The molecule has 2 aromatic rings. The van der Waals surface area contributed by atoms with Gasteiger partial charge in [0.1, 0.15) is 5.75 Å². The molecule has 5 heteroatoms. The van der Waals surface area contributed by atoms with Crippen LogP contribution in [0.1, 0.15) is 24.2 Å². The third kappa shape index (κ3) is 3.46. The quantitative estimate of drug-likeness (QED) is 0.925. The smallest absolute Gasteiger partial charge is 0.169 e. The number of rotatable bonds is 4. The predicted octanol–water partition coefficient (Wildman–Crippen LogP) is 4.07. The second-order valence-electron chi connectivity index (χ2n) is 4.45. The second-order valence-corrected chi connectivity index (χ2v) is 4.85. The monoisotopic (exact) mass is 303 g/mol. The van der Waals surface area contributed by atoms with Crippen LogP contribution in [0.4, 0.5) is 0 Å². The number of hydrogen-bond donors (Lipinski definition) is 1. The standard InChI is InChI=1S/C16H14ClNO3/c1-10(19)12-4-6-14(13(17)8-12)21-15-5-3-11(9-18)7-16(15)20-2/h3-8,10,19H,1-2H3/t10-/m0/s1. The van der Waals surface area contributed by atoms with Crippen molar-refractivity contribution < 1.29 is 14.6 Å². The summed E-state index contributed by atoms with van der Waals surface area (Å²) in [6, 6.07) is 12.0. The van der Waals surface area contributed by atoms with E-state index in [1.165, 1.54) is 7.11 Å².